The van der Waals surface area contributed by atoms with Crippen LogP contribution in [0.5, 0.6) is 0 Å². The fourth-order valence-electron chi connectivity index (χ4n) is 3.15. The summed E-state index contributed by atoms with van der Waals surface area (Å²) >= 11 is 3.35. The van der Waals surface area contributed by atoms with Crippen LogP contribution in [-0.4, -0.2) is 48.5 Å². The first-order valence-corrected chi connectivity index (χ1v) is 10.4. The van der Waals surface area contributed by atoms with E-state index in [4.69, 9.17) is 4.74 Å². The summed E-state index contributed by atoms with van der Waals surface area (Å²) in [5.74, 6) is -0.536. The number of nitrogens with one attached hydrogen (secondary N) is 2. The lowest BCUT2D eigenvalue weighted by Crippen LogP contribution is -2.54. The molecule has 1 heterocycles. The molecular formula is C20H28BrN3O4. The molecule has 0 spiro atoms. The van der Waals surface area contributed by atoms with Gasteiger partial charge in [-0.25, -0.2) is 4.79 Å². The number of piperidine rings is 1. The molecule has 154 valence electrons. The lowest BCUT2D eigenvalue weighted by Gasteiger charge is -2.34. The van der Waals surface area contributed by atoms with E-state index in [1.807, 2.05) is 26.0 Å². The third-order valence-electron chi connectivity index (χ3n) is 4.75. The third-order valence-corrected chi connectivity index (χ3v) is 5.28. The van der Waals surface area contributed by atoms with Crippen molar-refractivity contribution in [2.75, 3.05) is 25.0 Å². The van der Waals surface area contributed by atoms with Gasteiger partial charge in [0, 0.05) is 23.2 Å². The second-order valence-electron chi connectivity index (χ2n) is 7.18. The van der Waals surface area contributed by atoms with Crippen molar-refractivity contribution < 1.29 is 19.1 Å². The first kappa shape index (κ1) is 22.2. The minimum absolute atomic E-state index is 0.0639. The van der Waals surface area contributed by atoms with Crippen LogP contribution in [0.15, 0.2) is 28.7 Å². The highest BCUT2D eigenvalue weighted by Gasteiger charge is 2.33. The summed E-state index contributed by atoms with van der Waals surface area (Å²) in [6, 6.07) is 6.15. The van der Waals surface area contributed by atoms with Gasteiger partial charge in [-0.2, -0.15) is 0 Å². The summed E-state index contributed by atoms with van der Waals surface area (Å²) < 4.78 is 5.99. The normalized spacial score (nSPS) is 15.8. The van der Waals surface area contributed by atoms with E-state index >= 15 is 0 Å². The van der Waals surface area contributed by atoms with Crippen molar-refractivity contribution in [2.24, 2.45) is 11.8 Å². The zero-order valence-corrected chi connectivity index (χ0v) is 18.1. The number of carbonyl (C=O) groups is 3. The molecular weight excluding hydrogens is 426 g/mol. The van der Waals surface area contributed by atoms with Crippen LogP contribution in [0.3, 0.4) is 0 Å². The molecule has 1 fully saturated rings. The molecule has 28 heavy (non-hydrogen) atoms. The molecule has 1 aliphatic heterocycles. The van der Waals surface area contributed by atoms with Crippen LogP contribution in [-0.2, 0) is 14.3 Å². The highest BCUT2D eigenvalue weighted by atomic mass is 79.9. The number of carbonyl (C=O) groups excluding carboxylic acids is 3. The summed E-state index contributed by atoms with van der Waals surface area (Å²) in [6.07, 6.45) is 1.17. The van der Waals surface area contributed by atoms with Gasteiger partial charge in [-0.1, -0.05) is 29.8 Å². The topological polar surface area (TPSA) is 87.7 Å². The van der Waals surface area contributed by atoms with Crippen LogP contribution in [0.1, 0.15) is 33.6 Å². The number of hydrogen-bond donors (Lipinski definition) is 2. The molecule has 0 radical (unpaired) electrons. The molecule has 0 aromatic heterocycles. The van der Waals surface area contributed by atoms with E-state index in [-0.39, 0.29) is 23.7 Å². The number of nitrogens with zero attached hydrogens (tertiary/aromatic N) is 1. The van der Waals surface area contributed by atoms with Crippen LogP contribution in [0, 0.1) is 11.8 Å². The van der Waals surface area contributed by atoms with E-state index in [2.05, 4.69) is 26.6 Å². The lowest BCUT2D eigenvalue weighted by atomic mass is 9.95. The summed E-state index contributed by atoms with van der Waals surface area (Å²) in [7, 11) is 0. The Labute approximate surface area is 174 Å². The molecule has 1 aliphatic rings. The van der Waals surface area contributed by atoms with Crippen molar-refractivity contribution in [1.82, 2.24) is 10.2 Å². The maximum atomic E-state index is 12.9. The van der Waals surface area contributed by atoms with Crippen molar-refractivity contribution >= 4 is 39.5 Å². The Morgan fingerprint density at radius 1 is 1.18 bits per heavy atom. The number of ether oxygens (including phenoxy) is 1. The quantitative estimate of drug-likeness (QED) is 0.646. The molecule has 0 bridgehead atoms. The van der Waals surface area contributed by atoms with Crippen LogP contribution in [0.2, 0.25) is 0 Å². The minimum atomic E-state index is -0.630. The van der Waals surface area contributed by atoms with Gasteiger partial charge in [0.2, 0.25) is 5.91 Å². The molecule has 2 N–H and O–H groups in total. The zero-order chi connectivity index (χ0) is 20.7. The van der Waals surface area contributed by atoms with Gasteiger partial charge in [0.1, 0.15) is 6.04 Å². The number of hydrogen-bond acceptors (Lipinski definition) is 4. The second-order valence-corrected chi connectivity index (χ2v) is 8.09. The summed E-state index contributed by atoms with van der Waals surface area (Å²) in [5, 5.41) is 5.53. The molecule has 8 heteroatoms. The molecule has 0 aliphatic carbocycles. The maximum absolute atomic E-state index is 12.9. The summed E-state index contributed by atoms with van der Waals surface area (Å²) in [4.78, 5) is 38.9. The number of esters is 1. The molecule has 0 saturated carbocycles. The van der Waals surface area contributed by atoms with Gasteiger partial charge < -0.3 is 20.3 Å². The smallest absolute Gasteiger partial charge is 0.319 e. The molecule has 1 saturated heterocycles. The van der Waals surface area contributed by atoms with E-state index in [1.54, 1.807) is 24.0 Å². The SMILES string of the molecule is CCOC(=O)C1CCN(C(=O)C(NC(=O)Nc2ccc(Br)cc2)C(C)C)CC1. The number of amides is 3. The first-order valence-electron chi connectivity index (χ1n) is 9.60. The molecule has 1 unspecified atom stereocenters. The highest BCUT2D eigenvalue weighted by molar-refractivity contribution is 9.10. The van der Waals surface area contributed by atoms with Crippen molar-refractivity contribution in [3.05, 3.63) is 28.7 Å². The van der Waals surface area contributed by atoms with Crippen LogP contribution >= 0.6 is 15.9 Å². The number of rotatable bonds is 6. The standard InChI is InChI=1S/C20H28BrN3O4/c1-4-28-19(26)14-9-11-24(12-10-14)18(25)17(13(2)3)23-20(27)22-16-7-5-15(21)6-8-16/h5-8,13-14,17H,4,9-12H2,1-3H3,(H2,22,23,27). The zero-order valence-electron chi connectivity index (χ0n) is 16.5. The predicted molar refractivity (Wildman–Crippen MR) is 111 cm³/mol. The van der Waals surface area contributed by atoms with Gasteiger partial charge in [-0.3, -0.25) is 9.59 Å². The predicted octanol–water partition coefficient (Wildman–Crippen LogP) is 3.40. The molecule has 2 rings (SSSR count). The van der Waals surface area contributed by atoms with Crippen LogP contribution in [0.25, 0.3) is 0 Å². The molecule has 3 amide bonds. The molecule has 1 aromatic rings. The summed E-state index contributed by atoms with van der Waals surface area (Å²) in [5.41, 5.74) is 0.644. The van der Waals surface area contributed by atoms with Gasteiger partial charge in [0.25, 0.3) is 0 Å². The van der Waals surface area contributed by atoms with Gasteiger partial charge in [-0.05, 0) is 49.9 Å². The second kappa shape index (κ2) is 10.5. The Hall–Kier alpha value is -2.09. The fourth-order valence-corrected chi connectivity index (χ4v) is 3.41. The van der Waals surface area contributed by atoms with E-state index in [0.717, 1.165) is 4.47 Å². The Morgan fingerprint density at radius 3 is 2.32 bits per heavy atom. The average molecular weight is 454 g/mol. The van der Waals surface area contributed by atoms with Crippen molar-refractivity contribution in [1.29, 1.82) is 0 Å². The molecule has 1 aromatic carbocycles. The lowest BCUT2D eigenvalue weighted by molar-refractivity contribution is -0.151. The van der Waals surface area contributed by atoms with Gasteiger partial charge in [0.15, 0.2) is 0 Å². The van der Waals surface area contributed by atoms with E-state index in [9.17, 15) is 14.4 Å². The van der Waals surface area contributed by atoms with Gasteiger partial charge >= 0.3 is 12.0 Å². The Morgan fingerprint density at radius 2 is 1.79 bits per heavy atom. The fraction of sp³-hybridized carbons (Fsp3) is 0.550. The monoisotopic (exact) mass is 453 g/mol. The van der Waals surface area contributed by atoms with Crippen LogP contribution < -0.4 is 10.6 Å². The molecule has 1 atom stereocenters. The number of urea groups is 1. The molecule has 7 nitrogen and oxygen atoms in total. The van der Waals surface area contributed by atoms with E-state index < -0.39 is 12.1 Å². The van der Waals surface area contributed by atoms with Gasteiger partial charge in [0.05, 0.1) is 12.5 Å². The number of halogens is 1. The maximum Gasteiger partial charge on any atom is 0.319 e. The number of anilines is 1. The largest absolute Gasteiger partial charge is 0.466 e. The Bertz CT molecular complexity index is 685. The Kier molecular flexibility index (Phi) is 8.29. The first-order chi connectivity index (χ1) is 13.3. The van der Waals surface area contributed by atoms with Crippen molar-refractivity contribution in [3.63, 3.8) is 0 Å². The summed E-state index contributed by atoms with van der Waals surface area (Å²) in [6.45, 7) is 6.92. The van der Waals surface area contributed by atoms with Crippen molar-refractivity contribution in [3.8, 4) is 0 Å². The minimum Gasteiger partial charge on any atom is -0.466 e. The van der Waals surface area contributed by atoms with Crippen LogP contribution in [0.4, 0.5) is 10.5 Å². The number of likely N-dealkylation sites (tertiary alicyclic amines) is 1. The third kappa shape index (κ3) is 6.22. The van der Waals surface area contributed by atoms with E-state index in [1.165, 1.54) is 0 Å². The van der Waals surface area contributed by atoms with Gasteiger partial charge in [-0.15, -0.1) is 0 Å². The average Bonchev–Trinajstić information content (AvgIpc) is 2.67. The Balaban J connectivity index is 1.92. The van der Waals surface area contributed by atoms with E-state index in [0.29, 0.717) is 38.2 Å². The highest BCUT2D eigenvalue weighted by Crippen LogP contribution is 2.20. The van der Waals surface area contributed by atoms with Crippen molar-refractivity contribution in [2.45, 2.75) is 39.7 Å². The number of benzene rings is 1.